The minimum atomic E-state index is 0.229. The molecule has 2 nitrogen and oxygen atoms in total. The van der Waals surface area contributed by atoms with E-state index in [1.165, 1.54) is 12.8 Å². The van der Waals surface area contributed by atoms with Crippen LogP contribution < -0.4 is 0 Å². The molecular weight excluding hydrogens is 208 g/mol. The van der Waals surface area contributed by atoms with Crippen LogP contribution in [0.3, 0.4) is 0 Å². The van der Waals surface area contributed by atoms with E-state index in [0.717, 1.165) is 12.2 Å². The third-order valence-electron chi connectivity index (χ3n) is 4.07. The second-order valence-electron chi connectivity index (χ2n) is 6.21. The maximum absolute atomic E-state index is 4.09. The second kappa shape index (κ2) is 5.26. The average Bonchev–Trinajstić information content (AvgIpc) is 2.26. The van der Waals surface area contributed by atoms with Gasteiger partial charge in [0.2, 0.25) is 0 Å². The van der Waals surface area contributed by atoms with Gasteiger partial charge in [0.05, 0.1) is 0 Å². The van der Waals surface area contributed by atoms with Gasteiger partial charge in [-0.2, -0.15) is 0 Å². The van der Waals surface area contributed by atoms with Gasteiger partial charge in [-0.05, 0) is 53.7 Å². The van der Waals surface area contributed by atoms with E-state index in [2.05, 4.69) is 57.7 Å². The molecule has 2 unspecified atom stereocenters. The van der Waals surface area contributed by atoms with Gasteiger partial charge in [-0.1, -0.05) is 13.2 Å². The summed E-state index contributed by atoms with van der Waals surface area (Å²) in [6.07, 6.45) is 4.38. The summed E-state index contributed by atoms with van der Waals surface area (Å²) in [7, 11) is 2.23. The highest BCUT2D eigenvalue weighted by atomic mass is 15.3. The van der Waals surface area contributed by atoms with E-state index in [1.54, 1.807) is 0 Å². The van der Waals surface area contributed by atoms with Crippen LogP contribution in [0.15, 0.2) is 24.9 Å². The normalized spacial score (nSPS) is 26.1. The SMILES string of the molecule is C=CC(=C)N1CC(N(C)C(C)(C)C)CCC1C. The summed E-state index contributed by atoms with van der Waals surface area (Å²) in [5.74, 6) is 0. The molecule has 0 spiro atoms. The fourth-order valence-electron chi connectivity index (χ4n) is 2.47. The summed E-state index contributed by atoms with van der Waals surface area (Å²) in [4.78, 5) is 4.88. The van der Waals surface area contributed by atoms with Crippen molar-refractivity contribution < 1.29 is 0 Å². The summed E-state index contributed by atoms with van der Waals surface area (Å²) < 4.78 is 0. The third-order valence-corrected chi connectivity index (χ3v) is 4.07. The van der Waals surface area contributed by atoms with Gasteiger partial charge in [0, 0.05) is 29.9 Å². The Morgan fingerprint density at radius 3 is 2.41 bits per heavy atom. The smallest absolute Gasteiger partial charge is 0.0337 e. The maximum atomic E-state index is 4.09. The van der Waals surface area contributed by atoms with E-state index < -0.39 is 0 Å². The Balaban J connectivity index is 2.73. The summed E-state index contributed by atoms with van der Waals surface area (Å²) in [5.41, 5.74) is 1.29. The predicted molar refractivity (Wildman–Crippen MR) is 76.0 cm³/mol. The first-order valence-corrected chi connectivity index (χ1v) is 6.58. The summed E-state index contributed by atoms with van der Waals surface area (Å²) in [6.45, 7) is 18.1. The molecule has 0 bridgehead atoms. The highest BCUT2D eigenvalue weighted by Gasteiger charge is 2.31. The zero-order valence-corrected chi connectivity index (χ0v) is 12.2. The van der Waals surface area contributed by atoms with Crippen LogP contribution in [0.25, 0.3) is 0 Å². The lowest BCUT2D eigenvalue weighted by Crippen LogP contribution is -2.54. The molecule has 1 aliphatic heterocycles. The van der Waals surface area contributed by atoms with Gasteiger partial charge in [-0.25, -0.2) is 0 Å². The third kappa shape index (κ3) is 3.35. The Hall–Kier alpha value is -0.760. The van der Waals surface area contributed by atoms with Gasteiger partial charge in [-0.3, -0.25) is 4.90 Å². The number of rotatable bonds is 3. The van der Waals surface area contributed by atoms with Crippen LogP contribution in [0, 0.1) is 0 Å². The van der Waals surface area contributed by atoms with Crippen molar-refractivity contribution >= 4 is 0 Å². The second-order valence-corrected chi connectivity index (χ2v) is 6.21. The van der Waals surface area contributed by atoms with Crippen molar-refractivity contribution in [2.45, 2.75) is 58.2 Å². The molecule has 1 fully saturated rings. The molecule has 0 radical (unpaired) electrons. The van der Waals surface area contributed by atoms with Crippen molar-refractivity contribution in [1.82, 2.24) is 9.80 Å². The number of hydrogen-bond donors (Lipinski definition) is 0. The van der Waals surface area contributed by atoms with Gasteiger partial charge in [0.25, 0.3) is 0 Å². The summed E-state index contributed by atoms with van der Waals surface area (Å²) >= 11 is 0. The van der Waals surface area contributed by atoms with E-state index >= 15 is 0 Å². The Morgan fingerprint density at radius 1 is 1.35 bits per heavy atom. The zero-order valence-electron chi connectivity index (χ0n) is 12.2. The molecule has 0 aromatic rings. The number of nitrogens with zero attached hydrogens (tertiary/aromatic N) is 2. The van der Waals surface area contributed by atoms with E-state index in [0.29, 0.717) is 12.1 Å². The zero-order chi connectivity index (χ0) is 13.2. The first-order valence-electron chi connectivity index (χ1n) is 6.58. The van der Waals surface area contributed by atoms with Gasteiger partial charge in [0.1, 0.15) is 0 Å². The minimum absolute atomic E-state index is 0.229. The molecule has 17 heavy (non-hydrogen) atoms. The van der Waals surface area contributed by atoms with Crippen LogP contribution in [0.4, 0.5) is 0 Å². The molecule has 2 atom stereocenters. The first-order chi connectivity index (χ1) is 7.77. The van der Waals surface area contributed by atoms with Gasteiger partial charge in [0.15, 0.2) is 0 Å². The van der Waals surface area contributed by atoms with Gasteiger partial charge < -0.3 is 4.90 Å². The van der Waals surface area contributed by atoms with Crippen molar-refractivity contribution in [2.24, 2.45) is 0 Å². The standard InChI is InChI=1S/C15H28N2/c1-8-12(2)17-11-14(10-9-13(17)3)16(7)15(4,5)6/h8,13-14H,1-2,9-11H2,3-7H3. The molecule has 0 N–H and O–H groups in total. The van der Waals surface area contributed by atoms with E-state index in [1.807, 2.05) is 6.08 Å². The summed E-state index contributed by atoms with van der Waals surface area (Å²) in [5, 5.41) is 0. The van der Waals surface area contributed by atoms with E-state index in [-0.39, 0.29) is 5.54 Å². The number of likely N-dealkylation sites (N-methyl/N-ethyl adjacent to an activating group) is 1. The van der Waals surface area contributed by atoms with Crippen molar-refractivity contribution in [3.63, 3.8) is 0 Å². The minimum Gasteiger partial charge on any atom is -0.368 e. The lowest BCUT2D eigenvalue weighted by Gasteiger charge is -2.47. The lowest BCUT2D eigenvalue weighted by atomic mass is 9.94. The van der Waals surface area contributed by atoms with E-state index in [9.17, 15) is 0 Å². The molecular formula is C15H28N2. The largest absolute Gasteiger partial charge is 0.368 e. The highest BCUT2D eigenvalue weighted by molar-refractivity contribution is 5.12. The Bertz CT molecular complexity index is 288. The average molecular weight is 236 g/mol. The molecule has 0 aromatic carbocycles. The van der Waals surface area contributed by atoms with Crippen LogP contribution in [-0.4, -0.2) is 41.0 Å². The molecule has 1 rings (SSSR count). The van der Waals surface area contributed by atoms with Gasteiger partial charge >= 0.3 is 0 Å². The molecule has 0 saturated carbocycles. The highest BCUT2D eigenvalue weighted by Crippen LogP contribution is 2.27. The Kier molecular flexibility index (Phi) is 4.42. The summed E-state index contributed by atoms with van der Waals surface area (Å²) in [6, 6.07) is 1.20. The predicted octanol–water partition coefficient (Wildman–Crippen LogP) is 3.27. The Labute approximate surface area is 107 Å². The molecule has 98 valence electrons. The van der Waals surface area contributed by atoms with Gasteiger partial charge in [-0.15, -0.1) is 0 Å². The molecule has 2 heteroatoms. The monoisotopic (exact) mass is 236 g/mol. The van der Waals surface area contributed by atoms with Crippen molar-refractivity contribution in [1.29, 1.82) is 0 Å². The molecule has 0 aliphatic carbocycles. The lowest BCUT2D eigenvalue weighted by molar-refractivity contribution is 0.0508. The van der Waals surface area contributed by atoms with Crippen LogP contribution >= 0.6 is 0 Å². The van der Waals surface area contributed by atoms with Crippen molar-refractivity contribution in [3.05, 3.63) is 24.9 Å². The quantitative estimate of drug-likeness (QED) is 0.694. The molecule has 1 aliphatic rings. The molecule has 0 aromatic heterocycles. The Morgan fingerprint density at radius 2 is 1.94 bits per heavy atom. The van der Waals surface area contributed by atoms with Crippen molar-refractivity contribution in [3.8, 4) is 0 Å². The maximum Gasteiger partial charge on any atom is 0.0337 e. The van der Waals surface area contributed by atoms with Crippen LogP contribution in [-0.2, 0) is 0 Å². The topological polar surface area (TPSA) is 6.48 Å². The van der Waals surface area contributed by atoms with Crippen LogP contribution in [0.5, 0.6) is 0 Å². The number of piperidine rings is 1. The molecule has 1 saturated heterocycles. The van der Waals surface area contributed by atoms with Crippen LogP contribution in [0.1, 0.15) is 40.5 Å². The molecule has 0 amide bonds. The fraction of sp³-hybridized carbons (Fsp3) is 0.733. The fourth-order valence-corrected chi connectivity index (χ4v) is 2.47. The van der Waals surface area contributed by atoms with Crippen molar-refractivity contribution in [2.75, 3.05) is 13.6 Å². The first kappa shape index (κ1) is 14.3. The van der Waals surface area contributed by atoms with E-state index in [4.69, 9.17) is 0 Å². The number of hydrogen-bond acceptors (Lipinski definition) is 2. The number of allylic oxidation sites excluding steroid dienone is 1. The van der Waals surface area contributed by atoms with Crippen LogP contribution in [0.2, 0.25) is 0 Å². The molecule has 1 heterocycles. The number of likely N-dealkylation sites (tertiary alicyclic amines) is 1.